The Morgan fingerprint density at radius 1 is 1.24 bits per heavy atom. The molecule has 1 aliphatic rings. The number of H-pyrrole nitrogens is 1. The van der Waals surface area contributed by atoms with Gasteiger partial charge < -0.3 is 9.88 Å². The molecule has 0 radical (unpaired) electrons. The molecule has 3 heterocycles. The van der Waals surface area contributed by atoms with Gasteiger partial charge in [-0.2, -0.15) is 13.2 Å². The van der Waals surface area contributed by atoms with Crippen molar-refractivity contribution in [2.45, 2.75) is 31.9 Å². The van der Waals surface area contributed by atoms with Gasteiger partial charge in [0.25, 0.3) is 0 Å². The highest BCUT2D eigenvalue weighted by Crippen LogP contribution is 2.38. The maximum Gasteiger partial charge on any atom is 0.417 e. The van der Waals surface area contributed by atoms with Gasteiger partial charge in [0.05, 0.1) is 16.6 Å². The second kappa shape index (κ2) is 5.73. The summed E-state index contributed by atoms with van der Waals surface area (Å²) < 4.78 is 40.2. The highest BCUT2D eigenvalue weighted by Gasteiger charge is 2.33. The number of alkyl halides is 3. The van der Waals surface area contributed by atoms with Crippen molar-refractivity contribution in [3.8, 4) is 0 Å². The van der Waals surface area contributed by atoms with Gasteiger partial charge in [0.2, 0.25) is 0 Å². The first kappa shape index (κ1) is 16.4. The van der Waals surface area contributed by atoms with Crippen LogP contribution in [0.4, 0.5) is 13.2 Å². The van der Waals surface area contributed by atoms with Crippen LogP contribution >= 0.6 is 0 Å². The minimum absolute atomic E-state index is 0.153. The summed E-state index contributed by atoms with van der Waals surface area (Å²) in [5.41, 5.74) is 1.95. The molecule has 1 aromatic carbocycles. The molecule has 1 fully saturated rings. The molecule has 132 valence electrons. The molecule has 1 aliphatic heterocycles. The van der Waals surface area contributed by atoms with Gasteiger partial charge >= 0.3 is 6.18 Å². The summed E-state index contributed by atoms with van der Waals surface area (Å²) in [7, 11) is 2.10. The zero-order valence-corrected chi connectivity index (χ0v) is 14.2. The number of hydrogen-bond acceptors (Lipinski definition) is 2. The number of likely N-dealkylation sites (tertiary alicyclic amines) is 1. The van der Waals surface area contributed by atoms with Gasteiger partial charge in [-0.15, -0.1) is 0 Å². The number of hydrogen-bond donors (Lipinski definition) is 1. The highest BCUT2D eigenvalue weighted by molar-refractivity contribution is 6.04. The molecule has 6 heteroatoms. The van der Waals surface area contributed by atoms with Gasteiger partial charge in [-0.3, -0.25) is 4.98 Å². The van der Waals surface area contributed by atoms with E-state index in [0.29, 0.717) is 22.6 Å². The number of pyridine rings is 1. The summed E-state index contributed by atoms with van der Waals surface area (Å²) in [6.07, 6.45) is -2.16. The standard InChI is InChI=1S/C19H20F3N3/c1-11-8-15(19(20,21)22)14-6-5-12-9-16(24-17(12)18(14)23-11)13-4-3-7-25(2)10-13/h5-6,8-9,13,24H,3-4,7,10H2,1-2H3. The molecule has 1 N–H and O–H groups in total. The predicted octanol–water partition coefficient (Wildman–Crippen LogP) is 4.85. The molecule has 1 unspecified atom stereocenters. The second-order valence-electron chi connectivity index (χ2n) is 7.06. The fourth-order valence-electron chi connectivity index (χ4n) is 3.91. The number of benzene rings is 1. The van der Waals surface area contributed by atoms with E-state index in [1.165, 1.54) is 6.07 Å². The fourth-order valence-corrected chi connectivity index (χ4v) is 3.91. The number of aryl methyl sites for hydroxylation is 1. The van der Waals surface area contributed by atoms with Crippen LogP contribution < -0.4 is 0 Å². The van der Waals surface area contributed by atoms with E-state index < -0.39 is 11.7 Å². The number of halogens is 3. The van der Waals surface area contributed by atoms with Gasteiger partial charge in [-0.05, 0) is 45.5 Å². The van der Waals surface area contributed by atoms with Crippen LogP contribution in [-0.2, 0) is 6.18 Å². The Kier molecular flexibility index (Phi) is 3.76. The average Bonchev–Trinajstić information content (AvgIpc) is 2.98. The number of fused-ring (bicyclic) bond motifs is 3. The van der Waals surface area contributed by atoms with Crippen LogP contribution in [0.25, 0.3) is 21.8 Å². The van der Waals surface area contributed by atoms with E-state index in [1.807, 2.05) is 0 Å². The summed E-state index contributed by atoms with van der Waals surface area (Å²) in [5.74, 6) is 0.382. The summed E-state index contributed by atoms with van der Waals surface area (Å²) in [6.45, 7) is 3.66. The van der Waals surface area contributed by atoms with Crippen molar-refractivity contribution in [1.29, 1.82) is 0 Å². The molecule has 4 rings (SSSR count). The topological polar surface area (TPSA) is 31.9 Å². The Labute approximate surface area is 143 Å². The predicted molar refractivity (Wildman–Crippen MR) is 92.8 cm³/mol. The molecule has 3 nitrogen and oxygen atoms in total. The third kappa shape index (κ3) is 2.88. The molecule has 3 aromatic rings. The van der Waals surface area contributed by atoms with Gasteiger partial charge in [-0.1, -0.05) is 12.1 Å². The molecule has 0 spiro atoms. The van der Waals surface area contributed by atoms with Crippen molar-refractivity contribution in [3.05, 3.63) is 41.2 Å². The van der Waals surface area contributed by atoms with Crippen LogP contribution in [0.1, 0.15) is 35.7 Å². The maximum atomic E-state index is 13.4. The number of rotatable bonds is 1. The monoisotopic (exact) mass is 347 g/mol. The fraction of sp³-hybridized carbons (Fsp3) is 0.421. The lowest BCUT2D eigenvalue weighted by molar-refractivity contribution is -0.136. The lowest BCUT2D eigenvalue weighted by Gasteiger charge is -2.29. The maximum absolute atomic E-state index is 13.4. The normalized spacial score (nSPS) is 19.8. The van der Waals surface area contributed by atoms with Crippen LogP contribution in [0.5, 0.6) is 0 Å². The quantitative estimate of drug-likeness (QED) is 0.682. The lowest BCUT2D eigenvalue weighted by Crippen LogP contribution is -2.30. The summed E-state index contributed by atoms with van der Waals surface area (Å²) in [5, 5.41) is 1.07. The van der Waals surface area contributed by atoms with Crippen molar-refractivity contribution in [2.75, 3.05) is 20.1 Å². The lowest BCUT2D eigenvalue weighted by atomic mass is 9.95. The first-order chi connectivity index (χ1) is 11.8. The van der Waals surface area contributed by atoms with Crippen molar-refractivity contribution < 1.29 is 13.2 Å². The average molecular weight is 347 g/mol. The number of aromatic nitrogens is 2. The number of nitrogens with zero attached hydrogens (tertiary/aromatic N) is 2. The van der Waals surface area contributed by atoms with E-state index in [9.17, 15) is 13.2 Å². The van der Waals surface area contributed by atoms with Crippen molar-refractivity contribution in [2.24, 2.45) is 0 Å². The van der Waals surface area contributed by atoms with E-state index in [4.69, 9.17) is 0 Å². The molecule has 1 saturated heterocycles. The Hall–Kier alpha value is -2.08. The molecule has 0 bridgehead atoms. The minimum atomic E-state index is -4.39. The van der Waals surface area contributed by atoms with E-state index >= 15 is 0 Å². The molecule has 1 atom stereocenters. The Bertz CT molecular complexity index is 942. The Balaban J connectivity index is 1.90. The molecule has 0 amide bonds. The summed E-state index contributed by atoms with van der Waals surface area (Å²) in [4.78, 5) is 10.1. The number of nitrogens with one attached hydrogen (secondary N) is 1. The van der Waals surface area contributed by atoms with Gasteiger partial charge in [0.15, 0.2) is 0 Å². The molecule has 0 aliphatic carbocycles. The molecular formula is C19H20F3N3. The molecular weight excluding hydrogens is 327 g/mol. The third-order valence-electron chi connectivity index (χ3n) is 5.09. The van der Waals surface area contributed by atoms with E-state index in [-0.39, 0.29) is 5.39 Å². The smallest absolute Gasteiger partial charge is 0.356 e. The van der Waals surface area contributed by atoms with E-state index in [0.717, 1.165) is 43.1 Å². The zero-order valence-electron chi connectivity index (χ0n) is 14.2. The van der Waals surface area contributed by atoms with E-state index in [1.54, 1.807) is 13.0 Å². The largest absolute Gasteiger partial charge is 0.417 e. The van der Waals surface area contributed by atoms with E-state index in [2.05, 4.69) is 28.0 Å². The van der Waals surface area contributed by atoms with Crippen LogP contribution in [-0.4, -0.2) is 35.0 Å². The van der Waals surface area contributed by atoms with Crippen molar-refractivity contribution in [1.82, 2.24) is 14.9 Å². The van der Waals surface area contributed by atoms with Crippen molar-refractivity contribution >= 4 is 21.8 Å². The van der Waals surface area contributed by atoms with Crippen LogP contribution in [0.3, 0.4) is 0 Å². The first-order valence-corrected chi connectivity index (χ1v) is 8.51. The Morgan fingerprint density at radius 3 is 2.76 bits per heavy atom. The molecule has 0 saturated carbocycles. The summed E-state index contributed by atoms with van der Waals surface area (Å²) >= 11 is 0. The highest BCUT2D eigenvalue weighted by atomic mass is 19.4. The molecule has 2 aromatic heterocycles. The Morgan fingerprint density at radius 2 is 2.04 bits per heavy atom. The third-order valence-corrected chi connectivity index (χ3v) is 5.09. The van der Waals surface area contributed by atoms with Gasteiger partial charge in [-0.25, -0.2) is 0 Å². The van der Waals surface area contributed by atoms with Gasteiger partial charge in [0.1, 0.15) is 0 Å². The second-order valence-corrected chi connectivity index (χ2v) is 7.06. The summed E-state index contributed by atoms with van der Waals surface area (Å²) in [6, 6.07) is 6.48. The SMILES string of the molecule is Cc1cc(C(F)(F)F)c2ccc3cc(C4CCCN(C)C4)[nH]c3c2n1. The van der Waals surface area contributed by atoms with Crippen LogP contribution in [0, 0.1) is 6.92 Å². The van der Waals surface area contributed by atoms with Gasteiger partial charge in [0, 0.05) is 34.6 Å². The molecule has 25 heavy (non-hydrogen) atoms. The zero-order chi connectivity index (χ0) is 17.8. The number of aromatic amines is 1. The van der Waals surface area contributed by atoms with Crippen LogP contribution in [0.2, 0.25) is 0 Å². The van der Waals surface area contributed by atoms with Crippen LogP contribution in [0.15, 0.2) is 24.3 Å². The number of likely N-dealkylation sites (N-methyl/N-ethyl adjacent to an activating group) is 1. The minimum Gasteiger partial charge on any atom is -0.356 e. The van der Waals surface area contributed by atoms with Crippen molar-refractivity contribution in [3.63, 3.8) is 0 Å². The first-order valence-electron chi connectivity index (χ1n) is 8.51. The number of piperidine rings is 1.